The largest absolute Gasteiger partial charge is 0.497 e. The molecule has 8 nitrogen and oxygen atoms in total. The van der Waals surface area contributed by atoms with Crippen molar-refractivity contribution in [3.05, 3.63) is 59.4 Å². The fourth-order valence-corrected chi connectivity index (χ4v) is 3.07. The third-order valence-corrected chi connectivity index (χ3v) is 4.73. The maximum absolute atomic E-state index is 13.2. The molecule has 0 radical (unpaired) electrons. The molecule has 3 rings (SSSR count). The van der Waals surface area contributed by atoms with Crippen LogP contribution in [0.5, 0.6) is 17.2 Å². The molecule has 3 aromatic rings. The first kappa shape index (κ1) is 21.1. The summed E-state index contributed by atoms with van der Waals surface area (Å²) < 4.78 is 16.0. The van der Waals surface area contributed by atoms with Gasteiger partial charge in [-0.3, -0.25) is 19.4 Å². The van der Waals surface area contributed by atoms with Crippen LogP contribution < -0.4 is 14.2 Å². The zero-order valence-electron chi connectivity index (χ0n) is 17.4. The van der Waals surface area contributed by atoms with Crippen LogP contribution in [-0.2, 0) is 4.84 Å². The first-order chi connectivity index (χ1) is 14.4. The van der Waals surface area contributed by atoms with Crippen molar-refractivity contribution in [2.24, 2.45) is 0 Å². The summed E-state index contributed by atoms with van der Waals surface area (Å²) >= 11 is 0. The second kappa shape index (κ2) is 8.79. The van der Waals surface area contributed by atoms with Crippen LogP contribution in [0.2, 0.25) is 0 Å². The SMILES string of the molecule is COc1cccc(C(=O)c2ncc(C(=O)N(C)OC)c3cc(OC)c(OC)cc23)c1. The van der Waals surface area contributed by atoms with E-state index in [0.29, 0.717) is 33.6 Å². The molecule has 0 aliphatic rings. The number of benzene rings is 2. The number of hydroxylamine groups is 2. The number of amides is 1. The molecular formula is C22H22N2O6. The third kappa shape index (κ3) is 3.77. The summed E-state index contributed by atoms with van der Waals surface area (Å²) in [4.78, 5) is 35.3. The minimum atomic E-state index is -0.414. The highest BCUT2D eigenvalue weighted by molar-refractivity contribution is 6.18. The summed E-state index contributed by atoms with van der Waals surface area (Å²) in [6.07, 6.45) is 1.36. The summed E-state index contributed by atoms with van der Waals surface area (Å²) in [5.74, 6) is 0.659. The van der Waals surface area contributed by atoms with E-state index in [1.807, 2.05) is 0 Å². The lowest BCUT2D eigenvalue weighted by Gasteiger charge is -2.17. The van der Waals surface area contributed by atoms with Gasteiger partial charge in [-0.2, -0.15) is 0 Å². The third-order valence-electron chi connectivity index (χ3n) is 4.73. The van der Waals surface area contributed by atoms with Gasteiger partial charge in [-0.15, -0.1) is 0 Å². The van der Waals surface area contributed by atoms with Crippen LogP contribution in [0.4, 0.5) is 0 Å². The van der Waals surface area contributed by atoms with Crippen LogP contribution in [0, 0.1) is 0 Å². The summed E-state index contributed by atoms with van der Waals surface area (Å²) in [6.45, 7) is 0. The molecule has 0 saturated carbocycles. The number of carbonyl (C=O) groups is 2. The van der Waals surface area contributed by atoms with E-state index in [4.69, 9.17) is 19.0 Å². The van der Waals surface area contributed by atoms with Gasteiger partial charge in [0.05, 0.1) is 34.0 Å². The van der Waals surface area contributed by atoms with Gasteiger partial charge in [0.15, 0.2) is 11.5 Å². The molecule has 0 spiro atoms. The number of fused-ring (bicyclic) bond motifs is 1. The van der Waals surface area contributed by atoms with E-state index >= 15 is 0 Å². The molecule has 2 aromatic carbocycles. The number of pyridine rings is 1. The zero-order valence-corrected chi connectivity index (χ0v) is 17.4. The molecule has 1 heterocycles. The van der Waals surface area contributed by atoms with E-state index in [-0.39, 0.29) is 17.0 Å². The number of carbonyl (C=O) groups excluding carboxylic acids is 2. The van der Waals surface area contributed by atoms with Gasteiger partial charge in [-0.25, -0.2) is 5.06 Å². The standard InChI is InChI=1S/C22H22N2O6/c1-24(30-5)22(26)17-12-23-20(21(25)13-7-6-8-14(9-13)27-2)16-11-19(29-4)18(28-3)10-15(16)17/h6-12H,1-5H3. The highest BCUT2D eigenvalue weighted by atomic mass is 16.7. The van der Waals surface area contributed by atoms with Crippen LogP contribution in [0.1, 0.15) is 26.4 Å². The van der Waals surface area contributed by atoms with Crippen molar-refractivity contribution in [2.45, 2.75) is 0 Å². The normalized spacial score (nSPS) is 10.6. The van der Waals surface area contributed by atoms with Gasteiger partial charge < -0.3 is 14.2 Å². The Hall–Kier alpha value is -3.65. The second-order valence-corrected chi connectivity index (χ2v) is 6.32. The Labute approximate surface area is 173 Å². The average Bonchev–Trinajstić information content (AvgIpc) is 2.80. The van der Waals surface area contributed by atoms with Gasteiger partial charge in [-0.1, -0.05) is 12.1 Å². The van der Waals surface area contributed by atoms with Gasteiger partial charge in [0.25, 0.3) is 5.91 Å². The topological polar surface area (TPSA) is 87.2 Å². The number of nitrogens with zero attached hydrogens (tertiary/aromatic N) is 2. The molecule has 0 unspecified atom stereocenters. The Morgan fingerprint density at radius 2 is 1.57 bits per heavy atom. The highest BCUT2D eigenvalue weighted by Crippen LogP contribution is 2.35. The van der Waals surface area contributed by atoms with E-state index in [0.717, 1.165) is 5.06 Å². The summed E-state index contributed by atoms with van der Waals surface area (Å²) in [5, 5.41) is 2.02. The van der Waals surface area contributed by atoms with Crippen molar-refractivity contribution in [3.63, 3.8) is 0 Å². The second-order valence-electron chi connectivity index (χ2n) is 6.32. The minimum Gasteiger partial charge on any atom is -0.497 e. The van der Waals surface area contributed by atoms with Crippen molar-refractivity contribution in [3.8, 4) is 17.2 Å². The quantitative estimate of drug-likeness (QED) is 0.437. The fourth-order valence-electron chi connectivity index (χ4n) is 3.07. The van der Waals surface area contributed by atoms with Crippen LogP contribution >= 0.6 is 0 Å². The first-order valence-corrected chi connectivity index (χ1v) is 9.00. The Bertz CT molecular complexity index is 1110. The van der Waals surface area contributed by atoms with E-state index in [2.05, 4.69) is 4.98 Å². The Balaban J connectivity index is 2.27. The van der Waals surface area contributed by atoms with Crippen molar-refractivity contribution in [1.29, 1.82) is 0 Å². The molecule has 156 valence electrons. The van der Waals surface area contributed by atoms with Gasteiger partial charge in [0.2, 0.25) is 5.78 Å². The van der Waals surface area contributed by atoms with E-state index < -0.39 is 5.91 Å². The van der Waals surface area contributed by atoms with Crippen LogP contribution in [0.3, 0.4) is 0 Å². The first-order valence-electron chi connectivity index (χ1n) is 9.00. The lowest BCUT2D eigenvalue weighted by Crippen LogP contribution is -2.26. The van der Waals surface area contributed by atoms with E-state index in [1.165, 1.54) is 41.7 Å². The molecule has 0 saturated heterocycles. The number of ether oxygens (including phenoxy) is 3. The monoisotopic (exact) mass is 410 g/mol. The summed E-state index contributed by atoms with van der Waals surface area (Å²) in [7, 11) is 7.40. The van der Waals surface area contributed by atoms with Gasteiger partial charge >= 0.3 is 0 Å². The summed E-state index contributed by atoms with van der Waals surface area (Å²) in [6, 6.07) is 10.1. The lowest BCUT2D eigenvalue weighted by molar-refractivity contribution is -0.0755. The molecule has 0 aliphatic carbocycles. The smallest absolute Gasteiger partial charge is 0.279 e. The molecule has 0 aliphatic heterocycles. The van der Waals surface area contributed by atoms with Crippen LogP contribution in [0.25, 0.3) is 10.8 Å². The molecule has 0 bridgehead atoms. The maximum Gasteiger partial charge on any atom is 0.279 e. The van der Waals surface area contributed by atoms with Crippen molar-refractivity contribution in [2.75, 3.05) is 35.5 Å². The number of hydrogen-bond acceptors (Lipinski definition) is 7. The number of methoxy groups -OCH3 is 3. The fraction of sp³-hybridized carbons (Fsp3) is 0.227. The summed E-state index contributed by atoms with van der Waals surface area (Å²) in [5.41, 5.74) is 0.847. The highest BCUT2D eigenvalue weighted by Gasteiger charge is 2.23. The Morgan fingerprint density at radius 1 is 0.900 bits per heavy atom. The Kier molecular flexibility index (Phi) is 6.17. The number of hydrogen-bond donors (Lipinski definition) is 0. The van der Waals surface area contributed by atoms with Gasteiger partial charge in [-0.05, 0) is 24.3 Å². The maximum atomic E-state index is 13.2. The molecule has 1 aromatic heterocycles. The minimum absolute atomic E-state index is 0.177. The molecule has 30 heavy (non-hydrogen) atoms. The zero-order chi connectivity index (χ0) is 21.8. The molecule has 0 atom stereocenters. The molecule has 1 amide bonds. The number of aromatic nitrogens is 1. The molecule has 0 fully saturated rings. The average molecular weight is 410 g/mol. The van der Waals surface area contributed by atoms with Crippen LogP contribution in [-0.4, -0.2) is 57.2 Å². The lowest BCUT2D eigenvalue weighted by atomic mass is 9.98. The number of rotatable bonds is 7. The Morgan fingerprint density at radius 3 is 2.17 bits per heavy atom. The number of ketones is 1. The molecule has 8 heteroatoms. The van der Waals surface area contributed by atoms with Gasteiger partial charge in [0, 0.05) is 29.6 Å². The van der Waals surface area contributed by atoms with Crippen molar-refractivity contribution < 1.29 is 28.6 Å². The van der Waals surface area contributed by atoms with Gasteiger partial charge in [0.1, 0.15) is 11.4 Å². The van der Waals surface area contributed by atoms with E-state index in [1.54, 1.807) is 36.4 Å². The van der Waals surface area contributed by atoms with Crippen molar-refractivity contribution >= 4 is 22.5 Å². The molecule has 0 N–H and O–H groups in total. The predicted octanol–water partition coefficient (Wildman–Crippen LogP) is 3.13. The molecular weight excluding hydrogens is 388 g/mol. The van der Waals surface area contributed by atoms with E-state index in [9.17, 15) is 9.59 Å². The van der Waals surface area contributed by atoms with Crippen molar-refractivity contribution in [1.82, 2.24) is 10.0 Å². The van der Waals surface area contributed by atoms with Crippen LogP contribution in [0.15, 0.2) is 42.6 Å². The predicted molar refractivity (Wildman–Crippen MR) is 110 cm³/mol.